The number of methoxy groups -OCH3 is 1. The fraction of sp³-hybridized carbons (Fsp3) is 0.545. The minimum Gasteiger partial charge on any atom is -0.479 e. The van der Waals surface area contributed by atoms with Crippen molar-refractivity contribution in [1.82, 2.24) is 15.3 Å². The molecule has 7 nitrogen and oxygen atoms in total. The minimum atomic E-state index is -0.249. The molecular formula is C11H17N5O2. The summed E-state index contributed by atoms with van der Waals surface area (Å²) in [6, 6.07) is -0.249. The van der Waals surface area contributed by atoms with Crippen LogP contribution in [0, 0.1) is 0 Å². The van der Waals surface area contributed by atoms with E-state index in [4.69, 9.17) is 10.5 Å². The van der Waals surface area contributed by atoms with Gasteiger partial charge in [0.1, 0.15) is 18.1 Å². The number of ether oxygens (including phenoxy) is 1. The number of nitrogens with zero attached hydrogens (tertiary/aromatic N) is 3. The fourth-order valence-electron chi connectivity index (χ4n) is 2.14. The zero-order valence-electron chi connectivity index (χ0n) is 10.5. The smallest absolute Gasteiger partial charge is 0.242 e. The van der Waals surface area contributed by atoms with Crippen molar-refractivity contribution >= 4 is 17.4 Å². The van der Waals surface area contributed by atoms with E-state index in [-0.39, 0.29) is 11.9 Å². The number of aromatic nitrogens is 2. The number of nitrogens with two attached hydrogens (primary N) is 1. The summed E-state index contributed by atoms with van der Waals surface area (Å²) in [6.07, 6.45) is 2.08. The van der Waals surface area contributed by atoms with Gasteiger partial charge in [-0.25, -0.2) is 4.98 Å². The molecule has 0 saturated carbocycles. The first kappa shape index (κ1) is 12.4. The number of hydrogen-bond acceptors (Lipinski definition) is 6. The minimum absolute atomic E-state index is 0.000675. The van der Waals surface area contributed by atoms with Gasteiger partial charge in [0.25, 0.3) is 0 Å². The van der Waals surface area contributed by atoms with Crippen LogP contribution in [-0.4, -0.2) is 42.1 Å². The van der Waals surface area contributed by atoms with Crippen molar-refractivity contribution in [3.8, 4) is 5.88 Å². The van der Waals surface area contributed by atoms with Gasteiger partial charge in [0.05, 0.1) is 7.11 Å². The molecule has 1 unspecified atom stereocenters. The molecule has 1 saturated heterocycles. The number of carbonyl (C=O) groups excluding carboxylic acids is 1. The highest BCUT2D eigenvalue weighted by Gasteiger charge is 2.30. The lowest BCUT2D eigenvalue weighted by molar-refractivity contribution is -0.123. The summed E-state index contributed by atoms with van der Waals surface area (Å²) in [4.78, 5) is 21.8. The second-order valence-electron chi connectivity index (χ2n) is 4.03. The zero-order chi connectivity index (χ0) is 13.1. The molecule has 98 valence electrons. The number of nitrogen functional groups attached to an aromatic ring is 1. The molecule has 7 heteroatoms. The second kappa shape index (κ2) is 5.07. The molecule has 1 aliphatic rings. The van der Waals surface area contributed by atoms with E-state index in [1.165, 1.54) is 13.4 Å². The monoisotopic (exact) mass is 251 g/mol. The van der Waals surface area contributed by atoms with E-state index in [0.717, 1.165) is 0 Å². The van der Waals surface area contributed by atoms with Crippen LogP contribution in [0.1, 0.15) is 13.3 Å². The van der Waals surface area contributed by atoms with E-state index in [0.29, 0.717) is 36.9 Å². The van der Waals surface area contributed by atoms with E-state index in [9.17, 15) is 4.79 Å². The SMILES string of the molecule is CCC1C(=O)NCCN1c1ncnc(OC)c1N. The van der Waals surface area contributed by atoms with Crippen LogP contribution in [0.4, 0.5) is 11.5 Å². The Balaban J connectivity index is 2.37. The number of hydrogen-bond donors (Lipinski definition) is 2. The first-order valence-electron chi connectivity index (χ1n) is 5.87. The Hall–Kier alpha value is -2.05. The van der Waals surface area contributed by atoms with Gasteiger partial charge in [-0.2, -0.15) is 4.98 Å². The van der Waals surface area contributed by atoms with Crippen molar-refractivity contribution in [3.63, 3.8) is 0 Å². The number of amides is 1. The first-order chi connectivity index (χ1) is 8.69. The maximum atomic E-state index is 11.8. The molecule has 0 spiro atoms. The van der Waals surface area contributed by atoms with E-state index in [1.54, 1.807) is 0 Å². The van der Waals surface area contributed by atoms with E-state index in [1.807, 2.05) is 11.8 Å². The third kappa shape index (κ3) is 2.03. The Morgan fingerprint density at radius 2 is 2.39 bits per heavy atom. The summed E-state index contributed by atoms with van der Waals surface area (Å²) in [5.41, 5.74) is 6.33. The van der Waals surface area contributed by atoms with Gasteiger partial charge in [-0.3, -0.25) is 4.79 Å². The quantitative estimate of drug-likeness (QED) is 0.771. The molecule has 1 atom stereocenters. The molecular weight excluding hydrogens is 234 g/mol. The van der Waals surface area contributed by atoms with Crippen molar-refractivity contribution in [2.45, 2.75) is 19.4 Å². The molecule has 1 amide bonds. The lowest BCUT2D eigenvalue weighted by Gasteiger charge is -2.35. The standard InChI is InChI=1S/C11H17N5O2/c1-3-7-10(17)13-4-5-16(7)9-8(12)11(18-2)15-6-14-9/h6-7H,3-5,12H2,1-2H3,(H,13,17). The molecule has 3 N–H and O–H groups in total. The van der Waals surface area contributed by atoms with Crippen molar-refractivity contribution in [3.05, 3.63) is 6.33 Å². The molecule has 0 aliphatic carbocycles. The normalized spacial score (nSPS) is 19.6. The fourth-order valence-corrected chi connectivity index (χ4v) is 2.14. The Kier molecular flexibility index (Phi) is 3.50. The first-order valence-corrected chi connectivity index (χ1v) is 5.87. The molecule has 1 aromatic rings. The van der Waals surface area contributed by atoms with Gasteiger partial charge in [-0.05, 0) is 6.42 Å². The molecule has 1 aromatic heterocycles. The third-order valence-electron chi connectivity index (χ3n) is 3.01. The number of anilines is 2. The summed E-state index contributed by atoms with van der Waals surface area (Å²) in [6.45, 7) is 3.22. The molecule has 1 aliphatic heterocycles. The Bertz CT molecular complexity index is 451. The number of nitrogens with one attached hydrogen (secondary N) is 1. The van der Waals surface area contributed by atoms with E-state index < -0.39 is 0 Å². The number of piperazine rings is 1. The number of carbonyl (C=O) groups is 1. The number of rotatable bonds is 3. The molecule has 1 fully saturated rings. The Morgan fingerprint density at radius 1 is 1.61 bits per heavy atom. The van der Waals surface area contributed by atoms with Crippen LogP contribution in [0.15, 0.2) is 6.33 Å². The Labute approximate surface area is 105 Å². The molecule has 0 radical (unpaired) electrons. The van der Waals surface area contributed by atoms with Crippen molar-refractivity contribution in [2.24, 2.45) is 0 Å². The van der Waals surface area contributed by atoms with Crippen LogP contribution in [0.5, 0.6) is 5.88 Å². The van der Waals surface area contributed by atoms with Crippen LogP contribution >= 0.6 is 0 Å². The molecule has 18 heavy (non-hydrogen) atoms. The van der Waals surface area contributed by atoms with Gasteiger partial charge in [0, 0.05) is 13.1 Å². The average molecular weight is 251 g/mol. The van der Waals surface area contributed by atoms with Gasteiger partial charge in [-0.15, -0.1) is 0 Å². The van der Waals surface area contributed by atoms with Crippen LogP contribution in [0.25, 0.3) is 0 Å². The summed E-state index contributed by atoms with van der Waals surface area (Å²) < 4.78 is 5.07. The van der Waals surface area contributed by atoms with Crippen LogP contribution in [0.3, 0.4) is 0 Å². The molecule has 2 rings (SSSR count). The summed E-state index contributed by atoms with van der Waals surface area (Å²) in [5, 5.41) is 2.83. The topological polar surface area (TPSA) is 93.4 Å². The third-order valence-corrected chi connectivity index (χ3v) is 3.01. The lowest BCUT2D eigenvalue weighted by Crippen LogP contribution is -2.55. The van der Waals surface area contributed by atoms with E-state index in [2.05, 4.69) is 15.3 Å². The van der Waals surface area contributed by atoms with Gasteiger partial charge in [-0.1, -0.05) is 6.92 Å². The Morgan fingerprint density at radius 3 is 3.06 bits per heavy atom. The summed E-state index contributed by atoms with van der Waals surface area (Å²) >= 11 is 0. The summed E-state index contributed by atoms with van der Waals surface area (Å²) in [7, 11) is 1.50. The zero-order valence-corrected chi connectivity index (χ0v) is 10.5. The van der Waals surface area contributed by atoms with E-state index >= 15 is 0 Å². The van der Waals surface area contributed by atoms with Crippen LogP contribution < -0.4 is 20.7 Å². The van der Waals surface area contributed by atoms with Crippen molar-refractivity contribution in [2.75, 3.05) is 30.8 Å². The predicted molar refractivity (Wildman–Crippen MR) is 67.4 cm³/mol. The van der Waals surface area contributed by atoms with Gasteiger partial charge < -0.3 is 20.7 Å². The highest BCUT2D eigenvalue weighted by atomic mass is 16.5. The second-order valence-corrected chi connectivity index (χ2v) is 4.03. The van der Waals surface area contributed by atoms with Crippen molar-refractivity contribution < 1.29 is 9.53 Å². The highest BCUT2D eigenvalue weighted by Crippen LogP contribution is 2.29. The molecule has 0 aromatic carbocycles. The van der Waals surface area contributed by atoms with Crippen LogP contribution in [-0.2, 0) is 4.79 Å². The molecule has 2 heterocycles. The lowest BCUT2D eigenvalue weighted by atomic mass is 10.1. The van der Waals surface area contributed by atoms with Crippen molar-refractivity contribution in [1.29, 1.82) is 0 Å². The highest BCUT2D eigenvalue weighted by molar-refractivity contribution is 5.87. The van der Waals surface area contributed by atoms with Gasteiger partial charge in [0.15, 0.2) is 5.82 Å². The maximum absolute atomic E-state index is 11.8. The largest absolute Gasteiger partial charge is 0.479 e. The molecule has 0 bridgehead atoms. The van der Waals surface area contributed by atoms with Crippen LogP contribution in [0.2, 0.25) is 0 Å². The van der Waals surface area contributed by atoms with Gasteiger partial charge in [0.2, 0.25) is 11.8 Å². The van der Waals surface area contributed by atoms with Gasteiger partial charge >= 0.3 is 0 Å². The summed E-state index contributed by atoms with van der Waals surface area (Å²) in [5.74, 6) is 0.894. The predicted octanol–water partition coefficient (Wildman–Crippen LogP) is -0.218. The maximum Gasteiger partial charge on any atom is 0.242 e. The average Bonchev–Trinajstić information content (AvgIpc) is 2.39.